The normalized spacial score (nSPS) is 17.9. The van der Waals surface area contributed by atoms with Gasteiger partial charge in [0.15, 0.2) is 5.82 Å². The molecule has 1 aromatic heterocycles. The molecule has 1 aliphatic carbocycles. The number of rotatable bonds is 3. The summed E-state index contributed by atoms with van der Waals surface area (Å²) in [5.74, 6) is 1.51. The average Bonchev–Trinajstić information content (AvgIpc) is 3.47. The van der Waals surface area contributed by atoms with Crippen LogP contribution >= 0.6 is 11.6 Å². The predicted octanol–water partition coefficient (Wildman–Crippen LogP) is 2.97. The lowest BCUT2D eigenvalue weighted by Crippen LogP contribution is -2.49. The summed E-state index contributed by atoms with van der Waals surface area (Å²) in [4.78, 5) is 16.6. The van der Waals surface area contributed by atoms with E-state index in [1.807, 2.05) is 23.1 Å². The zero-order valence-electron chi connectivity index (χ0n) is 13.4. The summed E-state index contributed by atoms with van der Waals surface area (Å²) in [7, 11) is 0. The summed E-state index contributed by atoms with van der Waals surface area (Å²) in [6.07, 6.45) is 2.47. The van der Waals surface area contributed by atoms with Crippen LogP contribution in [-0.4, -0.2) is 47.2 Å². The van der Waals surface area contributed by atoms with Crippen molar-refractivity contribution in [2.45, 2.75) is 18.8 Å². The van der Waals surface area contributed by atoms with Gasteiger partial charge in [0.25, 0.3) is 5.91 Å². The van der Waals surface area contributed by atoms with E-state index in [9.17, 15) is 4.79 Å². The molecule has 5 nitrogen and oxygen atoms in total. The molecule has 124 valence electrons. The number of amides is 1. The Morgan fingerprint density at radius 3 is 2.38 bits per heavy atom. The van der Waals surface area contributed by atoms with E-state index in [-0.39, 0.29) is 5.91 Å². The molecule has 0 bridgehead atoms. The highest BCUT2D eigenvalue weighted by molar-refractivity contribution is 6.33. The van der Waals surface area contributed by atoms with Gasteiger partial charge in [-0.2, -0.15) is 5.10 Å². The first-order valence-electron chi connectivity index (χ1n) is 8.35. The Labute approximate surface area is 146 Å². The predicted molar refractivity (Wildman–Crippen MR) is 93.6 cm³/mol. The summed E-state index contributed by atoms with van der Waals surface area (Å²) in [6, 6.07) is 11.3. The Kier molecular flexibility index (Phi) is 4.10. The highest BCUT2D eigenvalue weighted by atomic mass is 35.5. The van der Waals surface area contributed by atoms with Crippen LogP contribution in [0.1, 0.15) is 34.8 Å². The maximum atomic E-state index is 12.6. The van der Waals surface area contributed by atoms with Crippen molar-refractivity contribution in [3.05, 3.63) is 52.7 Å². The third-order valence-corrected chi connectivity index (χ3v) is 4.99. The van der Waals surface area contributed by atoms with Crippen molar-refractivity contribution in [3.8, 4) is 0 Å². The van der Waals surface area contributed by atoms with Crippen molar-refractivity contribution in [2.75, 3.05) is 31.1 Å². The van der Waals surface area contributed by atoms with Crippen LogP contribution in [0.3, 0.4) is 0 Å². The third-order valence-electron chi connectivity index (χ3n) is 4.66. The molecule has 0 unspecified atom stereocenters. The minimum absolute atomic E-state index is 0.00424. The molecule has 4 rings (SSSR count). The van der Waals surface area contributed by atoms with Crippen LogP contribution in [-0.2, 0) is 0 Å². The molecule has 2 fully saturated rings. The zero-order valence-corrected chi connectivity index (χ0v) is 14.1. The van der Waals surface area contributed by atoms with E-state index < -0.39 is 0 Å². The van der Waals surface area contributed by atoms with Crippen molar-refractivity contribution in [2.24, 2.45) is 0 Å². The summed E-state index contributed by atoms with van der Waals surface area (Å²) in [5, 5.41) is 9.20. The van der Waals surface area contributed by atoms with Gasteiger partial charge in [0.1, 0.15) is 0 Å². The van der Waals surface area contributed by atoms with Gasteiger partial charge in [-0.3, -0.25) is 4.79 Å². The number of anilines is 1. The first-order chi connectivity index (χ1) is 11.7. The molecule has 0 spiro atoms. The summed E-state index contributed by atoms with van der Waals surface area (Å²) < 4.78 is 0. The minimum Gasteiger partial charge on any atom is -0.352 e. The number of carbonyl (C=O) groups excluding carboxylic acids is 1. The molecule has 2 heterocycles. The van der Waals surface area contributed by atoms with Gasteiger partial charge in [-0.15, -0.1) is 5.10 Å². The topological polar surface area (TPSA) is 49.3 Å². The van der Waals surface area contributed by atoms with Crippen molar-refractivity contribution in [1.82, 2.24) is 15.1 Å². The van der Waals surface area contributed by atoms with Gasteiger partial charge in [-0.25, -0.2) is 0 Å². The van der Waals surface area contributed by atoms with Gasteiger partial charge in [-0.1, -0.05) is 23.7 Å². The maximum Gasteiger partial charge on any atom is 0.255 e. The van der Waals surface area contributed by atoms with Gasteiger partial charge in [0.05, 0.1) is 16.3 Å². The first-order valence-corrected chi connectivity index (χ1v) is 8.72. The van der Waals surface area contributed by atoms with Crippen LogP contribution in [0.2, 0.25) is 5.02 Å². The molecule has 0 atom stereocenters. The zero-order chi connectivity index (χ0) is 16.5. The molecule has 6 heteroatoms. The van der Waals surface area contributed by atoms with E-state index in [2.05, 4.69) is 21.2 Å². The van der Waals surface area contributed by atoms with Crippen LogP contribution < -0.4 is 4.90 Å². The molecule has 1 saturated carbocycles. The Balaban J connectivity index is 1.39. The molecule has 1 aromatic carbocycles. The molecule has 0 N–H and O–H groups in total. The van der Waals surface area contributed by atoms with Crippen molar-refractivity contribution in [1.29, 1.82) is 0 Å². The lowest BCUT2D eigenvalue weighted by molar-refractivity contribution is 0.0746. The second-order valence-electron chi connectivity index (χ2n) is 6.35. The largest absolute Gasteiger partial charge is 0.352 e. The van der Waals surface area contributed by atoms with Crippen LogP contribution in [0.25, 0.3) is 0 Å². The minimum atomic E-state index is -0.00424. The number of benzene rings is 1. The molecular weight excluding hydrogens is 324 g/mol. The molecule has 2 aliphatic rings. The number of aromatic nitrogens is 2. The smallest absolute Gasteiger partial charge is 0.255 e. The van der Waals surface area contributed by atoms with E-state index >= 15 is 0 Å². The van der Waals surface area contributed by atoms with Gasteiger partial charge in [0.2, 0.25) is 0 Å². The Morgan fingerprint density at radius 2 is 1.75 bits per heavy atom. The molecular formula is C18H19ClN4O. The molecule has 1 saturated heterocycles. The van der Waals surface area contributed by atoms with E-state index in [1.165, 1.54) is 12.8 Å². The van der Waals surface area contributed by atoms with Gasteiger partial charge in [0, 0.05) is 32.1 Å². The first kappa shape index (κ1) is 15.4. The SMILES string of the molecule is O=C(c1ccccc1Cl)N1CCN(c2ccc(C3CC3)nn2)CC1. The lowest BCUT2D eigenvalue weighted by Gasteiger charge is -2.35. The second-order valence-corrected chi connectivity index (χ2v) is 6.76. The number of halogens is 1. The number of hydrogen-bond acceptors (Lipinski definition) is 4. The molecule has 1 amide bonds. The number of piperazine rings is 1. The average molecular weight is 343 g/mol. The summed E-state index contributed by atoms with van der Waals surface area (Å²) >= 11 is 6.13. The van der Waals surface area contributed by atoms with Crippen molar-refractivity contribution in [3.63, 3.8) is 0 Å². The fourth-order valence-corrected chi connectivity index (χ4v) is 3.26. The van der Waals surface area contributed by atoms with Crippen molar-refractivity contribution >= 4 is 23.3 Å². The molecule has 24 heavy (non-hydrogen) atoms. The van der Waals surface area contributed by atoms with E-state index in [0.717, 1.165) is 24.6 Å². The quantitative estimate of drug-likeness (QED) is 0.860. The monoisotopic (exact) mass is 342 g/mol. The highest BCUT2D eigenvalue weighted by Crippen LogP contribution is 2.38. The highest BCUT2D eigenvalue weighted by Gasteiger charge is 2.27. The number of nitrogens with zero attached hydrogens (tertiary/aromatic N) is 4. The molecule has 0 radical (unpaired) electrons. The Morgan fingerprint density at radius 1 is 1.00 bits per heavy atom. The van der Waals surface area contributed by atoms with Gasteiger partial charge < -0.3 is 9.80 Å². The van der Waals surface area contributed by atoms with Crippen LogP contribution in [0, 0.1) is 0 Å². The summed E-state index contributed by atoms with van der Waals surface area (Å²) in [6.45, 7) is 2.84. The fraction of sp³-hybridized carbons (Fsp3) is 0.389. The maximum absolute atomic E-state index is 12.6. The number of hydrogen-bond donors (Lipinski definition) is 0. The van der Waals surface area contributed by atoms with Gasteiger partial charge in [-0.05, 0) is 37.1 Å². The third kappa shape index (κ3) is 3.08. The molecule has 2 aromatic rings. The molecule has 1 aliphatic heterocycles. The second kappa shape index (κ2) is 6.40. The number of carbonyl (C=O) groups is 1. The standard InChI is InChI=1S/C18H19ClN4O/c19-15-4-2-1-3-14(15)18(24)23-11-9-22(10-12-23)17-8-7-16(20-21-17)13-5-6-13/h1-4,7-8,13H,5-6,9-12H2. The summed E-state index contributed by atoms with van der Waals surface area (Å²) in [5.41, 5.74) is 1.67. The Bertz CT molecular complexity index is 737. The van der Waals surface area contributed by atoms with E-state index in [1.54, 1.807) is 12.1 Å². The van der Waals surface area contributed by atoms with Gasteiger partial charge >= 0.3 is 0 Å². The van der Waals surface area contributed by atoms with Crippen LogP contribution in [0.15, 0.2) is 36.4 Å². The van der Waals surface area contributed by atoms with Crippen LogP contribution in [0.5, 0.6) is 0 Å². The van der Waals surface area contributed by atoms with Crippen molar-refractivity contribution < 1.29 is 4.79 Å². The van der Waals surface area contributed by atoms with Crippen LogP contribution in [0.4, 0.5) is 5.82 Å². The van der Waals surface area contributed by atoms with E-state index in [0.29, 0.717) is 29.6 Å². The van der Waals surface area contributed by atoms with E-state index in [4.69, 9.17) is 11.6 Å². The fourth-order valence-electron chi connectivity index (χ4n) is 3.04. The lowest BCUT2D eigenvalue weighted by atomic mass is 10.2. The Hall–Kier alpha value is -2.14.